The molecule has 0 spiro atoms. The molecule has 0 atom stereocenters. The zero-order chi connectivity index (χ0) is 18.1. The molecule has 0 bridgehead atoms. The maximum atomic E-state index is 13.0. The topological polar surface area (TPSA) is 58.1 Å². The van der Waals surface area contributed by atoms with Crippen molar-refractivity contribution in [3.05, 3.63) is 74.5 Å². The number of H-pyrrole nitrogens is 1. The molecule has 7 heteroatoms. The number of hydrogen-bond donors (Lipinski definition) is 1. The minimum atomic E-state index is -0.316. The van der Waals surface area contributed by atoms with E-state index in [1.165, 1.54) is 21.6 Å². The number of fused-ring (bicyclic) bond motifs is 1. The largest absolute Gasteiger partial charge is 0.337 e. The van der Waals surface area contributed by atoms with E-state index in [0.717, 1.165) is 5.56 Å². The van der Waals surface area contributed by atoms with Gasteiger partial charge in [0.2, 0.25) is 0 Å². The fourth-order valence-electron chi connectivity index (χ4n) is 2.60. The summed E-state index contributed by atoms with van der Waals surface area (Å²) in [6, 6.07) is 10.8. The van der Waals surface area contributed by atoms with Crippen LogP contribution in [0.4, 0.5) is 4.39 Å². The van der Waals surface area contributed by atoms with Crippen molar-refractivity contribution in [2.45, 2.75) is 6.54 Å². The van der Waals surface area contributed by atoms with Crippen LogP contribution in [0.15, 0.2) is 47.3 Å². The Balaban J connectivity index is 1.91. The summed E-state index contributed by atoms with van der Waals surface area (Å²) in [6.45, 7) is 0.351. The summed E-state index contributed by atoms with van der Waals surface area (Å²) in [6.07, 6.45) is 0. The van der Waals surface area contributed by atoms with E-state index in [0.29, 0.717) is 27.8 Å². The first kappa shape index (κ1) is 17.0. The van der Waals surface area contributed by atoms with E-state index in [1.807, 2.05) is 0 Å². The molecule has 0 unspecified atom stereocenters. The first-order valence-corrected chi connectivity index (χ1v) is 8.00. The Morgan fingerprint density at radius 1 is 1.24 bits per heavy atom. The zero-order valence-corrected chi connectivity index (χ0v) is 14.6. The van der Waals surface area contributed by atoms with E-state index in [-0.39, 0.29) is 17.3 Å². The zero-order valence-electron chi connectivity index (χ0n) is 13.7. The molecule has 1 amide bonds. The second kappa shape index (κ2) is 6.60. The molecule has 3 aromatic rings. The van der Waals surface area contributed by atoms with Crippen LogP contribution in [0, 0.1) is 10.6 Å². The summed E-state index contributed by atoms with van der Waals surface area (Å²) in [7, 11) is 3.26. The lowest BCUT2D eigenvalue weighted by molar-refractivity contribution is 0.0785. The van der Waals surface area contributed by atoms with Crippen LogP contribution in [0.3, 0.4) is 0 Å². The van der Waals surface area contributed by atoms with E-state index in [4.69, 9.17) is 12.2 Å². The lowest BCUT2D eigenvalue weighted by Crippen LogP contribution is -2.26. The summed E-state index contributed by atoms with van der Waals surface area (Å²) < 4.78 is 14.6. The highest BCUT2D eigenvalue weighted by molar-refractivity contribution is 7.71. The van der Waals surface area contributed by atoms with Crippen molar-refractivity contribution in [2.24, 2.45) is 7.05 Å². The number of hydrogen-bond acceptors (Lipinski definition) is 3. The second-order valence-electron chi connectivity index (χ2n) is 5.84. The minimum absolute atomic E-state index is 0.203. The third-order valence-electron chi connectivity index (χ3n) is 4.03. The summed E-state index contributed by atoms with van der Waals surface area (Å²) in [5.74, 6) is -0.518. The SMILES string of the molecule is CN(Cc1ccc(F)cc1)C(=O)c1ccc2c(=O)n(C)c(=S)[nH]c2c1. The number of aromatic nitrogens is 2. The predicted molar refractivity (Wildman–Crippen MR) is 96.6 cm³/mol. The molecule has 0 aliphatic carbocycles. The van der Waals surface area contributed by atoms with Crippen LogP contribution in [0.2, 0.25) is 0 Å². The molecule has 2 aromatic carbocycles. The van der Waals surface area contributed by atoms with Gasteiger partial charge in [-0.25, -0.2) is 4.39 Å². The van der Waals surface area contributed by atoms with Crippen molar-refractivity contribution >= 4 is 29.0 Å². The van der Waals surface area contributed by atoms with Crippen molar-refractivity contribution in [3.8, 4) is 0 Å². The monoisotopic (exact) mass is 357 g/mol. The Hall–Kier alpha value is -2.80. The molecule has 0 aliphatic heterocycles. The Kier molecular flexibility index (Phi) is 4.50. The second-order valence-corrected chi connectivity index (χ2v) is 6.23. The molecule has 3 rings (SSSR count). The van der Waals surface area contributed by atoms with Gasteiger partial charge in [-0.3, -0.25) is 14.2 Å². The summed E-state index contributed by atoms with van der Waals surface area (Å²) in [5.41, 5.74) is 1.58. The number of halogens is 1. The van der Waals surface area contributed by atoms with Crippen LogP contribution < -0.4 is 5.56 Å². The molecular formula is C18H16FN3O2S. The predicted octanol–water partition coefficient (Wildman–Crippen LogP) is 3.01. The van der Waals surface area contributed by atoms with E-state index in [9.17, 15) is 14.0 Å². The van der Waals surface area contributed by atoms with E-state index < -0.39 is 0 Å². The number of rotatable bonds is 3. The van der Waals surface area contributed by atoms with Crippen LogP contribution in [0.1, 0.15) is 15.9 Å². The normalized spacial score (nSPS) is 10.8. The van der Waals surface area contributed by atoms with Gasteiger partial charge in [0.1, 0.15) is 5.82 Å². The first-order valence-electron chi connectivity index (χ1n) is 7.60. The number of benzene rings is 2. The number of aromatic amines is 1. The molecule has 0 radical (unpaired) electrons. The van der Waals surface area contributed by atoms with Crippen LogP contribution in [-0.4, -0.2) is 27.4 Å². The molecule has 1 N–H and O–H groups in total. The molecule has 0 saturated carbocycles. The fourth-order valence-corrected chi connectivity index (χ4v) is 2.79. The Morgan fingerprint density at radius 2 is 1.92 bits per heavy atom. The number of carbonyl (C=O) groups is 1. The van der Waals surface area contributed by atoms with Crippen LogP contribution in [0.5, 0.6) is 0 Å². The number of nitrogens with zero attached hydrogens (tertiary/aromatic N) is 2. The quantitative estimate of drug-likeness (QED) is 0.733. The highest BCUT2D eigenvalue weighted by Crippen LogP contribution is 2.14. The van der Waals surface area contributed by atoms with Crippen LogP contribution >= 0.6 is 12.2 Å². The number of nitrogens with one attached hydrogen (secondary N) is 1. The lowest BCUT2D eigenvalue weighted by Gasteiger charge is -2.17. The average Bonchev–Trinajstić information content (AvgIpc) is 2.60. The first-order chi connectivity index (χ1) is 11.9. The number of amides is 1. The van der Waals surface area contributed by atoms with Gasteiger partial charge in [-0.2, -0.15) is 0 Å². The summed E-state index contributed by atoms with van der Waals surface area (Å²) in [5, 5.41) is 0.467. The molecule has 25 heavy (non-hydrogen) atoms. The van der Waals surface area contributed by atoms with Gasteiger partial charge in [0.15, 0.2) is 4.77 Å². The van der Waals surface area contributed by atoms with Crippen molar-refractivity contribution < 1.29 is 9.18 Å². The summed E-state index contributed by atoms with van der Waals surface area (Å²) >= 11 is 5.11. The van der Waals surface area contributed by atoms with E-state index in [1.54, 1.807) is 44.4 Å². The third-order valence-corrected chi connectivity index (χ3v) is 4.40. The van der Waals surface area contributed by atoms with Gasteiger partial charge < -0.3 is 9.88 Å². The van der Waals surface area contributed by atoms with Crippen molar-refractivity contribution in [3.63, 3.8) is 0 Å². The minimum Gasteiger partial charge on any atom is -0.337 e. The molecule has 5 nitrogen and oxygen atoms in total. The average molecular weight is 357 g/mol. The smallest absolute Gasteiger partial charge is 0.261 e. The maximum Gasteiger partial charge on any atom is 0.261 e. The molecule has 128 valence electrons. The van der Waals surface area contributed by atoms with Gasteiger partial charge in [0, 0.05) is 26.2 Å². The van der Waals surface area contributed by atoms with Crippen LogP contribution in [-0.2, 0) is 13.6 Å². The highest BCUT2D eigenvalue weighted by Gasteiger charge is 2.14. The molecule has 1 aromatic heterocycles. The fraction of sp³-hybridized carbons (Fsp3) is 0.167. The number of carbonyl (C=O) groups excluding carboxylic acids is 1. The summed E-state index contributed by atoms with van der Waals surface area (Å²) in [4.78, 5) is 29.3. The molecule has 1 heterocycles. The van der Waals surface area contributed by atoms with E-state index in [2.05, 4.69) is 4.98 Å². The highest BCUT2D eigenvalue weighted by atomic mass is 32.1. The van der Waals surface area contributed by atoms with E-state index >= 15 is 0 Å². The van der Waals surface area contributed by atoms with Crippen molar-refractivity contribution in [2.75, 3.05) is 7.05 Å². The van der Waals surface area contributed by atoms with Crippen molar-refractivity contribution in [1.82, 2.24) is 14.5 Å². The van der Waals surface area contributed by atoms with Crippen LogP contribution in [0.25, 0.3) is 10.9 Å². The Labute approximate surface area is 148 Å². The third kappa shape index (κ3) is 3.36. The van der Waals surface area contributed by atoms with Gasteiger partial charge in [-0.15, -0.1) is 0 Å². The molecule has 0 fully saturated rings. The van der Waals surface area contributed by atoms with Gasteiger partial charge in [0.25, 0.3) is 11.5 Å². The standard InChI is InChI=1S/C18H16FN3O2S/c1-21(10-11-3-6-13(19)7-4-11)16(23)12-5-8-14-15(9-12)20-18(25)22(2)17(14)24/h3-9H,10H2,1-2H3,(H,20,25). The van der Waals surface area contributed by atoms with Gasteiger partial charge >= 0.3 is 0 Å². The Bertz CT molecular complexity index is 1070. The molecule has 0 aliphatic rings. The van der Waals surface area contributed by atoms with Crippen molar-refractivity contribution in [1.29, 1.82) is 0 Å². The lowest BCUT2D eigenvalue weighted by atomic mass is 10.1. The van der Waals surface area contributed by atoms with Gasteiger partial charge in [-0.05, 0) is 48.1 Å². The molecule has 0 saturated heterocycles. The molecular weight excluding hydrogens is 341 g/mol. The Morgan fingerprint density at radius 3 is 2.60 bits per heavy atom. The maximum absolute atomic E-state index is 13.0. The van der Waals surface area contributed by atoms with Gasteiger partial charge in [-0.1, -0.05) is 12.1 Å². The van der Waals surface area contributed by atoms with Gasteiger partial charge in [0.05, 0.1) is 10.9 Å².